The molecule has 1 amide bonds. The molecule has 0 spiro atoms. The van der Waals surface area contributed by atoms with Crippen LogP contribution in [0.4, 0.5) is 0 Å². The second-order valence-electron chi connectivity index (χ2n) is 5.51. The molecule has 1 aliphatic heterocycles. The summed E-state index contributed by atoms with van der Waals surface area (Å²) in [6.07, 6.45) is 4.04. The Hall–Kier alpha value is -1.36. The van der Waals surface area contributed by atoms with E-state index in [1.807, 2.05) is 25.7 Å². The smallest absolute Gasteiger partial charge is 0.227 e. The van der Waals surface area contributed by atoms with Crippen molar-refractivity contribution in [3.63, 3.8) is 0 Å². The summed E-state index contributed by atoms with van der Waals surface area (Å²) in [6, 6.07) is 0. The first-order chi connectivity index (χ1) is 9.61. The molecule has 0 aliphatic carbocycles. The number of carbonyl (C=O) groups excluding carboxylic acids is 1. The number of amides is 1. The largest absolute Gasteiger partial charge is 0.376 e. The van der Waals surface area contributed by atoms with Gasteiger partial charge in [-0.15, -0.1) is 0 Å². The van der Waals surface area contributed by atoms with Crippen LogP contribution in [-0.4, -0.2) is 46.8 Å². The van der Waals surface area contributed by atoms with Gasteiger partial charge in [-0.25, -0.2) is 0 Å². The first-order valence-corrected chi connectivity index (χ1v) is 7.51. The first-order valence-electron chi connectivity index (χ1n) is 7.51. The van der Waals surface area contributed by atoms with Gasteiger partial charge in [0.2, 0.25) is 5.91 Å². The van der Waals surface area contributed by atoms with Crippen LogP contribution < -0.4 is 0 Å². The third-order valence-corrected chi connectivity index (χ3v) is 4.04. The van der Waals surface area contributed by atoms with Crippen LogP contribution in [0.1, 0.15) is 43.1 Å². The van der Waals surface area contributed by atoms with E-state index in [2.05, 4.69) is 10.2 Å². The molecule has 112 valence electrons. The normalized spacial score (nSPS) is 19.1. The minimum absolute atomic E-state index is 0.161. The molecule has 1 N–H and O–H groups in total. The van der Waals surface area contributed by atoms with Crippen molar-refractivity contribution >= 4 is 5.91 Å². The molecular weight excluding hydrogens is 254 g/mol. The SMILES string of the molecule is CCN(C[C@H]1CCCCO1)C(=O)Cc1c(C)n[nH]c1C. The van der Waals surface area contributed by atoms with Gasteiger partial charge in [0.1, 0.15) is 0 Å². The topological polar surface area (TPSA) is 58.2 Å². The lowest BCUT2D eigenvalue weighted by Gasteiger charge is -2.29. The minimum atomic E-state index is 0.161. The molecule has 0 radical (unpaired) electrons. The monoisotopic (exact) mass is 279 g/mol. The van der Waals surface area contributed by atoms with Crippen molar-refractivity contribution in [3.8, 4) is 0 Å². The zero-order valence-electron chi connectivity index (χ0n) is 12.7. The molecule has 20 heavy (non-hydrogen) atoms. The Morgan fingerprint density at radius 2 is 2.25 bits per heavy atom. The Balaban J connectivity index is 1.94. The average Bonchev–Trinajstić information content (AvgIpc) is 2.77. The van der Waals surface area contributed by atoms with E-state index in [-0.39, 0.29) is 12.0 Å². The van der Waals surface area contributed by atoms with E-state index >= 15 is 0 Å². The Bertz CT molecular complexity index is 430. The van der Waals surface area contributed by atoms with Gasteiger partial charge in [-0.1, -0.05) is 0 Å². The van der Waals surface area contributed by atoms with Gasteiger partial charge in [0.25, 0.3) is 0 Å². The van der Waals surface area contributed by atoms with Gasteiger partial charge in [0.15, 0.2) is 0 Å². The number of ether oxygens (including phenoxy) is 1. The highest BCUT2D eigenvalue weighted by atomic mass is 16.5. The van der Waals surface area contributed by atoms with Crippen molar-refractivity contribution in [1.82, 2.24) is 15.1 Å². The summed E-state index contributed by atoms with van der Waals surface area (Å²) in [6.45, 7) is 8.20. The van der Waals surface area contributed by atoms with Crippen LogP contribution in [0.25, 0.3) is 0 Å². The predicted molar refractivity (Wildman–Crippen MR) is 77.6 cm³/mol. The fourth-order valence-corrected chi connectivity index (χ4v) is 2.70. The van der Waals surface area contributed by atoms with Crippen LogP contribution in [0.2, 0.25) is 0 Å². The first kappa shape index (κ1) is 15.0. The van der Waals surface area contributed by atoms with E-state index in [0.29, 0.717) is 13.0 Å². The molecule has 0 bridgehead atoms. The van der Waals surface area contributed by atoms with Crippen LogP contribution in [-0.2, 0) is 16.0 Å². The Morgan fingerprint density at radius 1 is 1.45 bits per heavy atom. The zero-order chi connectivity index (χ0) is 14.5. The Labute approximate surface area is 120 Å². The number of aromatic amines is 1. The number of aromatic nitrogens is 2. The van der Waals surface area contributed by atoms with Crippen molar-refractivity contribution < 1.29 is 9.53 Å². The summed E-state index contributed by atoms with van der Waals surface area (Å²) in [5.41, 5.74) is 2.93. The molecule has 0 unspecified atom stereocenters. The number of nitrogens with zero attached hydrogens (tertiary/aromatic N) is 2. The summed E-state index contributed by atoms with van der Waals surface area (Å²) in [7, 11) is 0. The molecule has 0 aromatic carbocycles. The highest BCUT2D eigenvalue weighted by Crippen LogP contribution is 2.16. The maximum absolute atomic E-state index is 12.4. The summed E-state index contributed by atoms with van der Waals surface area (Å²) < 4.78 is 5.73. The number of rotatable bonds is 5. The lowest BCUT2D eigenvalue weighted by Crippen LogP contribution is -2.40. The molecule has 2 heterocycles. The van der Waals surface area contributed by atoms with Crippen molar-refractivity contribution in [1.29, 1.82) is 0 Å². The van der Waals surface area contributed by atoms with Crippen molar-refractivity contribution in [2.75, 3.05) is 19.7 Å². The van der Waals surface area contributed by atoms with Crippen molar-refractivity contribution in [2.24, 2.45) is 0 Å². The maximum atomic E-state index is 12.4. The van der Waals surface area contributed by atoms with Crippen LogP contribution in [0.15, 0.2) is 0 Å². The van der Waals surface area contributed by atoms with Crippen LogP contribution in [0, 0.1) is 13.8 Å². The van der Waals surface area contributed by atoms with Gasteiger partial charge in [-0.05, 0) is 40.0 Å². The Kier molecular flexibility index (Phi) is 5.17. The number of likely N-dealkylation sites (N-methyl/N-ethyl adjacent to an activating group) is 1. The van der Waals surface area contributed by atoms with Crippen LogP contribution in [0.5, 0.6) is 0 Å². The second kappa shape index (κ2) is 6.88. The van der Waals surface area contributed by atoms with E-state index in [4.69, 9.17) is 4.74 Å². The third kappa shape index (κ3) is 3.60. The van der Waals surface area contributed by atoms with Crippen LogP contribution in [0.3, 0.4) is 0 Å². The van der Waals surface area contributed by atoms with Gasteiger partial charge in [-0.2, -0.15) is 5.10 Å². The van der Waals surface area contributed by atoms with E-state index in [0.717, 1.165) is 42.9 Å². The van der Waals surface area contributed by atoms with E-state index < -0.39 is 0 Å². The van der Waals surface area contributed by atoms with Gasteiger partial charge in [-0.3, -0.25) is 9.89 Å². The number of hydrogen-bond acceptors (Lipinski definition) is 3. The molecule has 2 rings (SSSR count). The van der Waals surface area contributed by atoms with Gasteiger partial charge in [0, 0.05) is 31.0 Å². The second-order valence-corrected chi connectivity index (χ2v) is 5.51. The molecule has 1 fully saturated rings. The van der Waals surface area contributed by atoms with Crippen molar-refractivity contribution in [3.05, 3.63) is 17.0 Å². The summed E-state index contributed by atoms with van der Waals surface area (Å²) in [5, 5.41) is 7.08. The summed E-state index contributed by atoms with van der Waals surface area (Å²) >= 11 is 0. The quantitative estimate of drug-likeness (QED) is 0.896. The lowest BCUT2D eigenvalue weighted by molar-refractivity contribution is -0.132. The number of aryl methyl sites for hydroxylation is 2. The van der Waals surface area contributed by atoms with Crippen LogP contribution >= 0.6 is 0 Å². The molecule has 0 saturated carbocycles. The summed E-state index contributed by atoms with van der Waals surface area (Å²) in [5.74, 6) is 0.161. The zero-order valence-corrected chi connectivity index (χ0v) is 12.7. The highest BCUT2D eigenvalue weighted by Gasteiger charge is 2.21. The van der Waals surface area contributed by atoms with Crippen molar-refractivity contribution in [2.45, 2.75) is 52.6 Å². The Morgan fingerprint density at radius 3 is 2.80 bits per heavy atom. The number of nitrogens with one attached hydrogen (secondary N) is 1. The average molecular weight is 279 g/mol. The number of hydrogen-bond donors (Lipinski definition) is 1. The molecule has 1 aromatic heterocycles. The lowest BCUT2D eigenvalue weighted by atomic mass is 10.1. The molecule has 5 heteroatoms. The summed E-state index contributed by atoms with van der Waals surface area (Å²) in [4.78, 5) is 14.4. The fraction of sp³-hybridized carbons (Fsp3) is 0.733. The molecule has 5 nitrogen and oxygen atoms in total. The minimum Gasteiger partial charge on any atom is -0.376 e. The molecule has 1 aliphatic rings. The van der Waals surface area contributed by atoms with E-state index in [9.17, 15) is 4.79 Å². The predicted octanol–water partition coefficient (Wildman–Crippen LogP) is 1.99. The highest BCUT2D eigenvalue weighted by molar-refractivity contribution is 5.79. The standard InChI is InChI=1S/C15H25N3O2/c1-4-18(10-13-7-5-6-8-20-13)15(19)9-14-11(2)16-17-12(14)3/h13H,4-10H2,1-3H3,(H,16,17)/t13-/m1/s1. The number of H-pyrrole nitrogens is 1. The molecule has 1 saturated heterocycles. The van der Waals surface area contributed by atoms with Gasteiger partial charge >= 0.3 is 0 Å². The third-order valence-electron chi connectivity index (χ3n) is 4.04. The molecular formula is C15H25N3O2. The van der Waals surface area contributed by atoms with Gasteiger partial charge < -0.3 is 9.64 Å². The fourth-order valence-electron chi connectivity index (χ4n) is 2.70. The van der Waals surface area contributed by atoms with Gasteiger partial charge in [0.05, 0.1) is 18.2 Å². The number of carbonyl (C=O) groups is 1. The van der Waals surface area contributed by atoms with E-state index in [1.54, 1.807) is 0 Å². The van der Waals surface area contributed by atoms with E-state index in [1.165, 1.54) is 6.42 Å². The molecule has 1 aromatic rings. The molecule has 1 atom stereocenters. The maximum Gasteiger partial charge on any atom is 0.227 e.